The van der Waals surface area contributed by atoms with Crippen molar-refractivity contribution in [1.29, 1.82) is 0 Å². The van der Waals surface area contributed by atoms with Crippen LogP contribution in [0.25, 0.3) is 0 Å². The van der Waals surface area contributed by atoms with Crippen LogP contribution in [0.3, 0.4) is 0 Å². The standard InChI is InChI=1S/AsH3O4.K.4H2O.Ti/c2-1(3,4)5;;;;;;/h(H3,2,3,4,5);;4*1H2;/q;+1;;;;;/p-7. The van der Waals surface area contributed by atoms with E-state index in [2.05, 4.69) is 0 Å². The average molecular weight is 294 g/mol. The molecule has 0 aromatic rings. The van der Waals surface area contributed by atoms with Crippen molar-refractivity contribution in [1.82, 2.24) is 0 Å². The van der Waals surface area contributed by atoms with E-state index in [0.29, 0.717) is 0 Å². The molecule has 4 N–H and O–H groups in total. The fourth-order valence-electron chi connectivity index (χ4n) is 0. The Labute approximate surface area is 123 Å². The molecule has 0 fully saturated rings. The van der Waals surface area contributed by atoms with Crippen molar-refractivity contribution in [2.45, 2.75) is 0 Å². The van der Waals surface area contributed by atoms with Gasteiger partial charge >= 0.3 is 81.9 Å². The molecule has 0 amide bonds. The third-order valence-corrected chi connectivity index (χ3v) is 0. The van der Waals surface area contributed by atoms with E-state index in [1.165, 1.54) is 0 Å². The van der Waals surface area contributed by atoms with Crippen molar-refractivity contribution in [3.8, 4) is 0 Å². The maximum absolute atomic E-state index is 8.61. The van der Waals surface area contributed by atoms with E-state index >= 15 is 0 Å². The largest absolute Gasteiger partial charge is 1.00 e. The first-order valence-corrected chi connectivity index (χ1v) is 3.79. The predicted octanol–water partition coefficient (Wildman–Crippen LogP) is -7.77. The quantitative estimate of drug-likeness (QED) is 0.391. The van der Waals surface area contributed by atoms with E-state index in [-0.39, 0.29) is 95.0 Å². The van der Waals surface area contributed by atoms with E-state index in [9.17, 15) is 0 Å². The van der Waals surface area contributed by atoms with E-state index in [1.54, 1.807) is 0 Å². The Balaban J connectivity index is -0.00000000533. The summed E-state index contributed by atoms with van der Waals surface area (Å²) in [5.41, 5.74) is 0. The molecular formula is H4AsKO8Ti-6. The van der Waals surface area contributed by atoms with Crippen LogP contribution in [0.1, 0.15) is 0 Å². The molecular weight excluding hydrogens is 290 g/mol. The first kappa shape index (κ1) is 50.2. The Morgan fingerprint density at radius 1 is 0.818 bits per heavy atom. The molecule has 8 nitrogen and oxygen atoms in total. The molecule has 0 spiro atoms. The summed E-state index contributed by atoms with van der Waals surface area (Å²) in [4.78, 5) is 0. The van der Waals surface area contributed by atoms with Gasteiger partial charge in [-0.25, -0.2) is 0 Å². The second-order valence-corrected chi connectivity index (χ2v) is 2.32. The molecule has 0 saturated heterocycles. The van der Waals surface area contributed by atoms with Gasteiger partial charge in [-0.05, 0) is 0 Å². The summed E-state index contributed by atoms with van der Waals surface area (Å²) in [5.74, 6) is 0. The van der Waals surface area contributed by atoms with Gasteiger partial charge in [0.25, 0.3) is 0 Å². The molecule has 0 rings (SSSR count). The molecule has 0 aliphatic rings. The molecule has 0 aliphatic heterocycles. The van der Waals surface area contributed by atoms with Gasteiger partial charge in [-0.2, -0.15) is 0 Å². The van der Waals surface area contributed by atoms with Gasteiger partial charge in [-0.15, -0.1) is 0 Å². The van der Waals surface area contributed by atoms with Crippen LogP contribution in [0.4, 0.5) is 0 Å². The van der Waals surface area contributed by atoms with Crippen LogP contribution in [-0.4, -0.2) is 36.4 Å². The number of hydrogen-bond acceptors (Lipinski definition) is 8. The first-order chi connectivity index (χ1) is 2.00. The average Bonchev–Trinajstić information content (AvgIpc) is 0.722. The number of rotatable bonds is 0. The Bertz CT molecular complexity index is 60.2. The molecule has 0 aromatic carbocycles. The van der Waals surface area contributed by atoms with Crippen LogP contribution in [0.2, 0.25) is 0 Å². The summed E-state index contributed by atoms with van der Waals surface area (Å²) in [6.07, 6.45) is 0. The van der Waals surface area contributed by atoms with Crippen LogP contribution in [0.15, 0.2) is 0 Å². The zero-order valence-corrected chi connectivity index (χ0v) is 11.9. The van der Waals surface area contributed by atoms with Crippen LogP contribution in [0.5, 0.6) is 0 Å². The van der Waals surface area contributed by atoms with Crippen molar-refractivity contribution in [3.05, 3.63) is 0 Å². The minimum absolute atomic E-state index is 0. The van der Waals surface area contributed by atoms with Gasteiger partial charge in [0, 0.05) is 21.7 Å². The van der Waals surface area contributed by atoms with Crippen LogP contribution in [-0.2, 0) is 25.5 Å². The smallest absolute Gasteiger partial charge is 0.870 e. The Kier molecular flexibility index (Phi) is 104. The molecule has 0 aliphatic carbocycles. The van der Waals surface area contributed by atoms with Crippen LogP contribution in [0, 0.1) is 0 Å². The van der Waals surface area contributed by atoms with Gasteiger partial charge in [-0.3, -0.25) is 0 Å². The fourth-order valence-corrected chi connectivity index (χ4v) is 0. The SMILES string of the molecule is O=[As]([O-])([O-])[O-].[K+].[OH-].[OH-].[OH-].[OH-].[Ti]. The summed E-state index contributed by atoms with van der Waals surface area (Å²) in [7, 11) is 0. The first-order valence-electron chi connectivity index (χ1n) is 0.730. The molecule has 0 aromatic heterocycles. The molecule has 68 valence electrons. The van der Waals surface area contributed by atoms with Crippen molar-refractivity contribution < 1.29 is 111 Å². The third kappa shape index (κ3) is 229. The van der Waals surface area contributed by atoms with Crippen molar-refractivity contribution in [3.63, 3.8) is 0 Å². The minimum atomic E-state index is -5.88. The fraction of sp³-hybridized carbons (Fsp3) is 0. The second kappa shape index (κ2) is 22.9. The van der Waals surface area contributed by atoms with E-state index in [1.807, 2.05) is 0 Å². The Morgan fingerprint density at radius 2 is 0.818 bits per heavy atom. The van der Waals surface area contributed by atoms with E-state index in [4.69, 9.17) is 16.0 Å². The molecule has 0 saturated carbocycles. The van der Waals surface area contributed by atoms with Gasteiger partial charge in [0.15, 0.2) is 0 Å². The zero-order valence-electron chi connectivity index (χ0n) is 5.37. The van der Waals surface area contributed by atoms with E-state index in [0.717, 1.165) is 0 Å². The molecule has 0 radical (unpaired) electrons. The molecule has 11 heteroatoms. The molecule has 0 heterocycles. The predicted molar refractivity (Wildman–Crippen MR) is 14.2 cm³/mol. The van der Waals surface area contributed by atoms with Gasteiger partial charge in [0.1, 0.15) is 0 Å². The van der Waals surface area contributed by atoms with E-state index < -0.39 is 14.5 Å². The normalized spacial score (nSPS) is 5.36. The van der Waals surface area contributed by atoms with Crippen molar-refractivity contribution >= 4 is 14.5 Å². The maximum Gasteiger partial charge on any atom is 1.00 e. The summed E-state index contributed by atoms with van der Waals surface area (Å²) < 4.78 is 34.4. The monoisotopic (exact) mass is 294 g/mol. The van der Waals surface area contributed by atoms with Gasteiger partial charge in [0.2, 0.25) is 0 Å². The van der Waals surface area contributed by atoms with Crippen LogP contribution >= 0.6 is 0 Å². The minimum Gasteiger partial charge on any atom is -0.870 e. The second-order valence-electron chi connectivity index (χ2n) is 0.447. The van der Waals surface area contributed by atoms with Crippen molar-refractivity contribution in [2.24, 2.45) is 0 Å². The summed E-state index contributed by atoms with van der Waals surface area (Å²) in [6, 6.07) is 0. The van der Waals surface area contributed by atoms with Crippen molar-refractivity contribution in [2.75, 3.05) is 0 Å². The molecule has 0 atom stereocenters. The Hall–Kier alpha value is 2.43. The molecule has 0 unspecified atom stereocenters. The topological polar surface area (TPSA) is 206 Å². The Morgan fingerprint density at radius 3 is 0.818 bits per heavy atom. The summed E-state index contributed by atoms with van der Waals surface area (Å²) in [5, 5.41) is 0. The van der Waals surface area contributed by atoms with Crippen LogP contribution < -0.4 is 63.7 Å². The number of hydrogen-bond donors (Lipinski definition) is 0. The van der Waals surface area contributed by atoms with Gasteiger partial charge in [0.05, 0.1) is 0 Å². The maximum atomic E-state index is 8.61. The van der Waals surface area contributed by atoms with Gasteiger partial charge < -0.3 is 21.9 Å². The third-order valence-electron chi connectivity index (χ3n) is 0. The summed E-state index contributed by atoms with van der Waals surface area (Å²) in [6.45, 7) is 0. The molecule has 0 bridgehead atoms. The zero-order chi connectivity index (χ0) is 4.50. The summed E-state index contributed by atoms with van der Waals surface area (Å²) >= 11 is -5.88. The molecule has 11 heavy (non-hydrogen) atoms. The van der Waals surface area contributed by atoms with Gasteiger partial charge in [-0.1, -0.05) is 0 Å².